The fraction of sp³-hybridized carbons (Fsp3) is 0.938. The molecular formula is C16H32N2O. The molecule has 0 aromatic heterocycles. The van der Waals surface area contributed by atoms with Gasteiger partial charge in [-0.25, -0.2) is 4.79 Å². The van der Waals surface area contributed by atoms with Gasteiger partial charge in [-0.05, 0) is 39.0 Å². The van der Waals surface area contributed by atoms with Crippen LogP contribution in [-0.2, 0) is 0 Å². The average molecular weight is 268 g/mol. The SMILES string of the molecule is CCCCCCC(C)NC(=O)N1CCCCC1CC. The summed E-state index contributed by atoms with van der Waals surface area (Å²) in [7, 11) is 0. The monoisotopic (exact) mass is 268 g/mol. The summed E-state index contributed by atoms with van der Waals surface area (Å²) in [4.78, 5) is 14.3. The van der Waals surface area contributed by atoms with Crippen molar-refractivity contribution in [3.05, 3.63) is 0 Å². The number of nitrogens with zero attached hydrogens (tertiary/aromatic N) is 1. The van der Waals surface area contributed by atoms with Gasteiger partial charge in [0, 0.05) is 18.6 Å². The van der Waals surface area contributed by atoms with Crippen LogP contribution in [0.25, 0.3) is 0 Å². The molecular weight excluding hydrogens is 236 g/mol. The Hall–Kier alpha value is -0.730. The lowest BCUT2D eigenvalue weighted by molar-refractivity contribution is 0.146. The molecule has 0 aliphatic carbocycles. The molecule has 0 aromatic rings. The number of carbonyl (C=O) groups is 1. The van der Waals surface area contributed by atoms with Gasteiger partial charge in [0.05, 0.1) is 0 Å². The van der Waals surface area contributed by atoms with E-state index in [0.29, 0.717) is 12.1 Å². The van der Waals surface area contributed by atoms with E-state index in [9.17, 15) is 4.79 Å². The highest BCUT2D eigenvalue weighted by atomic mass is 16.2. The van der Waals surface area contributed by atoms with Crippen molar-refractivity contribution in [1.82, 2.24) is 10.2 Å². The van der Waals surface area contributed by atoms with E-state index < -0.39 is 0 Å². The Balaban J connectivity index is 2.28. The summed E-state index contributed by atoms with van der Waals surface area (Å²) in [6.07, 6.45) is 10.9. The largest absolute Gasteiger partial charge is 0.336 e. The first kappa shape index (κ1) is 16.3. The van der Waals surface area contributed by atoms with Crippen LogP contribution in [0.15, 0.2) is 0 Å². The van der Waals surface area contributed by atoms with Crippen molar-refractivity contribution in [1.29, 1.82) is 0 Å². The zero-order chi connectivity index (χ0) is 14.1. The van der Waals surface area contributed by atoms with Crippen LogP contribution in [0.2, 0.25) is 0 Å². The van der Waals surface area contributed by atoms with Crippen molar-refractivity contribution < 1.29 is 4.79 Å². The van der Waals surface area contributed by atoms with Gasteiger partial charge in [-0.3, -0.25) is 0 Å². The maximum Gasteiger partial charge on any atom is 0.317 e. The molecule has 0 radical (unpaired) electrons. The van der Waals surface area contributed by atoms with Crippen molar-refractivity contribution >= 4 is 6.03 Å². The topological polar surface area (TPSA) is 32.3 Å². The van der Waals surface area contributed by atoms with Gasteiger partial charge < -0.3 is 10.2 Å². The summed E-state index contributed by atoms with van der Waals surface area (Å²) >= 11 is 0. The Morgan fingerprint density at radius 1 is 1.26 bits per heavy atom. The number of piperidine rings is 1. The van der Waals surface area contributed by atoms with E-state index in [1.807, 2.05) is 0 Å². The summed E-state index contributed by atoms with van der Waals surface area (Å²) in [5.41, 5.74) is 0. The van der Waals surface area contributed by atoms with Crippen LogP contribution in [0.5, 0.6) is 0 Å². The van der Waals surface area contributed by atoms with E-state index in [0.717, 1.165) is 25.8 Å². The summed E-state index contributed by atoms with van der Waals surface area (Å²) < 4.78 is 0. The van der Waals surface area contributed by atoms with Crippen LogP contribution < -0.4 is 5.32 Å². The predicted molar refractivity (Wildman–Crippen MR) is 81.4 cm³/mol. The Morgan fingerprint density at radius 3 is 2.74 bits per heavy atom. The van der Waals surface area contributed by atoms with E-state index in [1.165, 1.54) is 38.5 Å². The van der Waals surface area contributed by atoms with Crippen molar-refractivity contribution in [3.8, 4) is 0 Å². The zero-order valence-electron chi connectivity index (χ0n) is 13.1. The molecule has 3 nitrogen and oxygen atoms in total. The molecule has 1 aliphatic heterocycles. The van der Waals surface area contributed by atoms with Gasteiger partial charge in [-0.15, -0.1) is 0 Å². The van der Waals surface area contributed by atoms with Crippen LogP contribution in [0.1, 0.15) is 78.6 Å². The normalized spacial score (nSPS) is 21.2. The van der Waals surface area contributed by atoms with E-state index >= 15 is 0 Å². The minimum atomic E-state index is 0.162. The van der Waals surface area contributed by atoms with Gasteiger partial charge >= 0.3 is 6.03 Å². The van der Waals surface area contributed by atoms with Gasteiger partial charge in [0.15, 0.2) is 0 Å². The Bertz CT molecular complexity index is 255. The van der Waals surface area contributed by atoms with E-state index in [-0.39, 0.29) is 6.03 Å². The van der Waals surface area contributed by atoms with Crippen molar-refractivity contribution in [3.63, 3.8) is 0 Å². The highest BCUT2D eigenvalue weighted by Gasteiger charge is 2.25. The molecule has 1 rings (SSSR count). The number of urea groups is 1. The second-order valence-corrected chi connectivity index (χ2v) is 5.95. The minimum Gasteiger partial charge on any atom is -0.336 e. The van der Waals surface area contributed by atoms with Crippen molar-refractivity contribution in [2.45, 2.75) is 90.6 Å². The fourth-order valence-corrected chi connectivity index (χ4v) is 2.94. The third-order valence-corrected chi connectivity index (χ3v) is 4.22. The molecule has 2 amide bonds. The third kappa shape index (κ3) is 5.84. The van der Waals surface area contributed by atoms with Gasteiger partial charge in [0.1, 0.15) is 0 Å². The second kappa shape index (κ2) is 9.22. The molecule has 0 spiro atoms. The smallest absolute Gasteiger partial charge is 0.317 e. The average Bonchev–Trinajstić information content (AvgIpc) is 2.43. The maximum atomic E-state index is 12.3. The molecule has 0 bridgehead atoms. The lowest BCUT2D eigenvalue weighted by Crippen LogP contribution is -2.50. The first-order chi connectivity index (χ1) is 9.19. The van der Waals surface area contributed by atoms with E-state index in [4.69, 9.17) is 0 Å². The first-order valence-electron chi connectivity index (χ1n) is 8.26. The molecule has 112 valence electrons. The number of hydrogen-bond donors (Lipinski definition) is 1. The fourth-order valence-electron chi connectivity index (χ4n) is 2.94. The van der Waals surface area contributed by atoms with Gasteiger partial charge in [0.2, 0.25) is 0 Å². The summed E-state index contributed by atoms with van der Waals surface area (Å²) in [5, 5.41) is 3.18. The molecule has 1 fully saturated rings. The maximum absolute atomic E-state index is 12.3. The quantitative estimate of drug-likeness (QED) is 0.685. The molecule has 1 saturated heterocycles. The second-order valence-electron chi connectivity index (χ2n) is 5.95. The van der Waals surface area contributed by atoms with Crippen molar-refractivity contribution in [2.24, 2.45) is 0 Å². The standard InChI is InChI=1S/C16H32N2O/c1-4-6-7-8-11-14(3)17-16(19)18-13-10-9-12-15(18)5-2/h14-15H,4-13H2,1-3H3,(H,17,19). The van der Waals surface area contributed by atoms with Crippen LogP contribution in [0, 0.1) is 0 Å². The molecule has 19 heavy (non-hydrogen) atoms. The third-order valence-electron chi connectivity index (χ3n) is 4.22. The highest BCUT2D eigenvalue weighted by molar-refractivity contribution is 5.74. The van der Waals surface area contributed by atoms with Gasteiger partial charge in [0.25, 0.3) is 0 Å². The number of amides is 2. The number of nitrogens with one attached hydrogen (secondary N) is 1. The van der Waals surface area contributed by atoms with Crippen LogP contribution in [-0.4, -0.2) is 29.6 Å². The number of likely N-dealkylation sites (tertiary alicyclic amines) is 1. The summed E-state index contributed by atoms with van der Waals surface area (Å²) in [5.74, 6) is 0. The van der Waals surface area contributed by atoms with Crippen LogP contribution >= 0.6 is 0 Å². The zero-order valence-corrected chi connectivity index (χ0v) is 13.1. The number of hydrogen-bond acceptors (Lipinski definition) is 1. The minimum absolute atomic E-state index is 0.162. The number of carbonyl (C=O) groups excluding carboxylic acids is 1. The van der Waals surface area contributed by atoms with Crippen LogP contribution in [0.4, 0.5) is 4.79 Å². The van der Waals surface area contributed by atoms with Crippen molar-refractivity contribution in [2.75, 3.05) is 6.54 Å². The van der Waals surface area contributed by atoms with E-state index in [1.54, 1.807) is 0 Å². The highest BCUT2D eigenvalue weighted by Crippen LogP contribution is 2.19. The molecule has 1 N–H and O–H groups in total. The lowest BCUT2D eigenvalue weighted by atomic mass is 10.0. The first-order valence-corrected chi connectivity index (χ1v) is 8.26. The van der Waals surface area contributed by atoms with Gasteiger partial charge in [-0.2, -0.15) is 0 Å². The Labute approximate surface area is 119 Å². The number of rotatable bonds is 7. The molecule has 2 unspecified atom stereocenters. The lowest BCUT2D eigenvalue weighted by Gasteiger charge is -2.36. The Kier molecular flexibility index (Phi) is 7.92. The van der Waals surface area contributed by atoms with Gasteiger partial charge in [-0.1, -0.05) is 39.5 Å². The molecule has 1 aliphatic rings. The molecule has 1 heterocycles. The van der Waals surface area contributed by atoms with Crippen LogP contribution in [0.3, 0.4) is 0 Å². The molecule has 0 aromatic carbocycles. The molecule has 0 saturated carbocycles. The molecule has 2 atom stereocenters. The number of unbranched alkanes of at least 4 members (excludes halogenated alkanes) is 3. The van der Waals surface area contributed by atoms with E-state index in [2.05, 4.69) is 31.0 Å². The summed E-state index contributed by atoms with van der Waals surface area (Å²) in [6.45, 7) is 7.48. The Morgan fingerprint density at radius 2 is 2.05 bits per heavy atom. The summed E-state index contributed by atoms with van der Waals surface area (Å²) in [6, 6.07) is 0.930. The predicted octanol–water partition coefficient (Wildman–Crippen LogP) is 4.32. The molecule has 3 heteroatoms.